The topological polar surface area (TPSA) is 82.1 Å². The van der Waals surface area contributed by atoms with E-state index in [-0.39, 0.29) is 11.5 Å². The number of hydrogen-bond donors (Lipinski definition) is 1. The molecule has 0 saturated heterocycles. The molecule has 0 unspecified atom stereocenters. The molecule has 1 aliphatic carbocycles. The first kappa shape index (κ1) is 20.3. The molecule has 9 heteroatoms. The number of ketones is 2. The van der Waals surface area contributed by atoms with Crippen LogP contribution in [-0.2, 0) is 22.9 Å². The molecule has 1 N–H and O–H groups in total. The third-order valence-corrected chi connectivity index (χ3v) is 5.05. The fourth-order valence-corrected chi connectivity index (χ4v) is 4.62. The van der Waals surface area contributed by atoms with Gasteiger partial charge in [-0.1, -0.05) is 0 Å². The number of rotatable bonds is 6. The molecule has 0 amide bonds. The summed E-state index contributed by atoms with van der Waals surface area (Å²) in [7, 11) is -6.73. The Morgan fingerprint density at radius 3 is 1.22 bits per heavy atom. The largest absolute Gasteiger partial charge is 0.539 e. The van der Waals surface area contributed by atoms with Crippen LogP contribution in [0.25, 0.3) is 0 Å². The van der Waals surface area contributed by atoms with E-state index in [1.54, 1.807) is 19.6 Å². The number of Topliss-reactive ketones (excluding diaryl/α,β-unsaturated/α-hetero) is 2. The molecule has 0 atom stereocenters. The van der Waals surface area contributed by atoms with Crippen molar-refractivity contribution in [1.82, 2.24) is 0 Å². The first-order chi connectivity index (χ1) is 9.96. The molecule has 1 aliphatic rings. The van der Waals surface area contributed by atoms with Crippen LogP contribution in [0.3, 0.4) is 0 Å². The van der Waals surface area contributed by atoms with Gasteiger partial charge in [0.05, 0.1) is 0 Å². The maximum absolute atomic E-state index is 12.7. The van der Waals surface area contributed by atoms with Crippen molar-refractivity contribution in [1.29, 1.82) is 0 Å². The van der Waals surface area contributed by atoms with E-state index in [0.29, 0.717) is 0 Å². The molecule has 0 saturated carbocycles. The minimum Gasteiger partial charge on any atom is -0.539 e. The first-order valence-corrected chi connectivity index (χ1v) is 17.8. The molecule has 6 nitrogen and oxygen atoms in total. The van der Waals surface area contributed by atoms with Crippen molar-refractivity contribution in [2.24, 2.45) is 0 Å². The van der Waals surface area contributed by atoms with Gasteiger partial charge < -0.3 is 18.4 Å². The Labute approximate surface area is 141 Å². The Bertz CT molecular complexity index is 510. The minimum atomic E-state index is -2.52. The number of carbonyl (C=O) groups excluding carboxylic acids is 2. The smallest absolute Gasteiger partial charge is 0.295 e. The Hall–Kier alpha value is -0.749. The summed E-state index contributed by atoms with van der Waals surface area (Å²) >= 11 is 0. The molecule has 23 heavy (non-hydrogen) atoms. The van der Waals surface area contributed by atoms with Gasteiger partial charge >= 0.3 is 0 Å². The molecular weight excluding hydrogens is 348 g/mol. The summed E-state index contributed by atoms with van der Waals surface area (Å²) < 4.78 is 17.1. The number of carbonyl (C=O) groups is 2. The van der Waals surface area contributed by atoms with Crippen molar-refractivity contribution in [3.63, 3.8) is 0 Å². The summed E-state index contributed by atoms with van der Waals surface area (Å²) in [4.78, 5) is 25.4. The van der Waals surface area contributed by atoms with Gasteiger partial charge in [-0.3, -0.25) is 9.59 Å². The summed E-state index contributed by atoms with van der Waals surface area (Å²) in [6, 6.07) is 0. The normalized spacial score (nSPS) is 19.4. The van der Waals surface area contributed by atoms with E-state index >= 15 is 0 Å². The van der Waals surface area contributed by atoms with E-state index in [0.717, 1.165) is 0 Å². The SMILES string of the molecule is C[Si](C)(C)OC1=C(O[Si](C)(C)C)C(=O)C(O)(O[Si](C)(C)C)C1=O. The number of hydrogen-bond acceptors (Lipinski definition) is 6. The summed E-state index contributed by atoms with van der Waals surface area (Å²) in [5, 5.41) is 10.6. The lowest BCUT2D eigenvalue weighted by atomic mass is 10.2. The third kappa shape index (κ3) is 5.11. The molecule has 132 valence electrons. The second-order valence-electron chi connectivity index (χ2n) is 8.60. The Balaban J connectivity index is 3.37. The van der Waals surface area contributed by atoms with Crippen molar-refractivity contribution >= 4 is 36.5 Å². The van der Waals surface area contributed by atoms with Crippen LogP contribution in [0, 0.1) is 0 Å². The molecule has 1 rings (SSSR count). The van der Waals surface area contributed by atoms with E-state index in [9.17, 15) is 14.7 Å². The monoisotopic (exact) mass is 376 g/mol. The zero-order valence-corrected chi connectivity index (χ0v) is 18.5. The highest BCUT2D eigenvalue weighted by molar-refractivity contribution is 6.72. The third-order valence-electron chi connectivity index (χ3n) is 2.50. The Morgan fingerprint density at radius 2 is 1.00 bits per heavy atom. The van der Waals surface area contributed by atoms with Gasteiger partial charge in [0.1, 0.15) is 0 Å². The highest BCUT2D eigenvalue weighted by atomic mass is 28.4. The lowest BCUT2D eigenvalue weighted by Gasteiger charge is -2.29. The second kappa shape index (κ2) is 5.96. The van der Waals surface area contributed by atoms with E-state index in [1.165, 1.54) is 0 Å². The van der Waals surface area contributed by atoms with Gasteiger partial charge in [0.15, 0.2) is 19.8 Å². The summed E-state index contributed by atoms with van der Waals surface area (Å²) in [6.45, 7) is 16.7. The van der Waals surface area contributed by atoms with E-state index < -0.39 is 42.3 Å². The van der Waals surface area contributed by atoms with E-state index in [2.05, 4.69) is 0 Å². The van der Waals surface area contributed by atoms with Gasteiger partial charge in [-0.2, -0.15) is 0 Å². The molecule has 0 aromatic heterocycles. The molecule has 0 fully saturated rings. The van der Waals surface area contributed by atoms with Crippen LogP contribution in [-0.4, -0.2) is 47.4 Å². The molecule has 0 radical (unpaired) electrons. The lowest BCUT2D eigenvalue weighted by Crippen LogP contribution is -2.52. The summed E-state index contributed by atoms with van der Waals surface area (Å²) in [5.41, 5.74) is 0. The first-order valence-electron chi connectivity index (χ1n) is 7.61. The van der Waals surface area contributed by atoms with Crippen LogP contribution >= 0.6 is 0 Å². The second-order valence-corrected chi connectivity index (χ2v) is 21.9. The fraction of sp³-hybridized carbons (Fsp3) is 0.714. The van der Waals surface area contributed by atoms with Gasteiger partial charge in [0, 0.05) is 0 Å². The molecule has 0 bridgehead atoms. The molecule has 0 heterocycles. The minimum absolute atomic E-state index is 0.183. The quantitative estimate of drug-likeness (QED) is 0.436. The van der Waals surface area contributed by atoms with Crippen molar-refractivity contribution in [2.75, 3.05) is 0 Å². The average molecular weight is 377 g/mol. The van der Waals surface area contributed by atoms with Crippen LogP contribution in [0.1, 0.15) is 0 Å². The van der Waals surface area contributed by atoms with Crippen molar-refractivity contribution in [3.05, 3.63) is 11.5 Å². The van der Waals surface area contributed by atoms with Crippen molar-refractivity contribution in [2.45, 2.75) is 64.7 Å². The van der Waals surface area contributed by atoms with Gasteiger partial charge in [0.25, 0.3) is 17.4 Å². The van der Waals surface area contributed by atoms with Crippen molar-refractivity contribution in [3.8, 4) is 0 Å². The van der Waals surface area contributed by atoms with Crippen molar-refractivity contribution < 1.29 is 28.0 Å². The van der Waals surface area contributed by atoms with E-state index in [1.807, 2.05) is 39.3 Å². The fourth-order valence-electron chi connectivity index (χ4n) is 1.95. The highest BCUT2D eigenvalue weighted by Gasteiger charge is 2.60. The van der Waals surface area contributed by atoms with Crippen LogP contribution < -0.4 is 0 Å². The number of aliphatic hydroxyl groups is 1. The van der Waals surface area contributed by atoms with Gasteiger partial charge in [-0.05, 0) is 58.9 Å². The maximum Gasteiger partial charge on any atom is 0.295 e. The summed E-state index contributed by atoms with van der Waals surface area (Å²) in [6.07, 6.45) is 0. The average Bonchev–Trinajstić information content (AvgIpc) is 2.39. The molecule has 0 spiro atoms. The molecule has 0 aromatic carbocycles. The predicted molar refractivity (Wildman–Crippen MR) is 95.3 cm³/mol. The van der Waals surface area contributed by atoms with Crippen LogP contribution in [0.15, 0.2) is 11.5 Å². The zero-order valence-electron chi connectivity index (χ0n) is 15.5. The maximum atomic E-state index is 12.7. The van der Waals surface area contributed by atoms with Crippen LogP contribution in [0.2, 0.25) is 58.9 Å². The Kier molecular flexibility index (Phi) is 5.26. The van der Waals surface area contributed by atoms with E-state index in [4.69, 9.17) is 13.3 Å². The standard InChI is InChI=1S/C14H28O6Si3/c1-21(2,3)18-10-11(19-22(4,5)6)13(16)14(17,12(10)15)20-23(7,8)9/h17H,1-9H3. The van der Waals surface area contributed by atoms with Gasteiger partial charge in [0.2, 0.25) is 16.6 Å². The highest BCUT2D eigenvalue weighted by Crippen LogP contribution is 2.36. The Morgan fingerprint density at radius 1 is 0.696 bits per heavy atom. The molecular formula is C14H28O6Si3. The van der Waals surface area contributed by atoms with Crippen LogP contribution in [0.5, 0.6) is 0 Å². The van der Waals surface area contributed by atoms with Gasteiger partial charge in [-0.15, -0.1) is 0 Å². The van der Waals surface area contributed by atoms with Crippen LogP contribution in [0.4, 0.5) is 0 Å². The predicted octanol–water partition coefficient (Wildman–Crippen LogP) is 2.59. The molecule has 0 aliphatic heterocycles. The van der Waals surface area contributed by atoms with Gasteiger partial charge in [-0.25, -0.2) is 0 Å². The summed E-state index contributed by atoms with van der Waals surface area (Å²) in [5.74, 6) is -4.58. The lowest BCUT2D eigenvalue weighted by molar-refractivity contribution is -0.177. The molecule has 0 aromatic rings. The zero-order chi connectivity index (χ0) is 18.4.